The second-order valence-corrected chi connectivity index (χ2v) is 2.96. The summed E-state index contributed by atoms with van der Waals surface area (Å²) in [5.74, 6) is -0.192. The average molecular weight is 192 g/mol. The summed E-state index contributed by atoms with van der Waals surface area (Å²) in [6.07, 6.45) is 0. The van der Waals surface area contributed by atoms with Gasteiger partial charge in [0.2, 0.25) is 5.91 Å². The van der Waals surface area contributed by atoms with Crippen LogP contribution in [0.5, 0.6) is 5.75 Å². The molecule has 14 heavy (non-hydrogen) atoms. The molecule has 2 N–H and O–H groups in total. The van der Waals surface area contributed by atoms with E-state index in [1.54, 1.807) is 12.1 Å². The van der Waals surface area contributed by atoms with Crippen molar-refractivity contribution in [2.75, 3.05) is 11.4 Å². The molecule has 0 radical (unpaired) electrons. The standard InChI is InChI=1S/C9H8N2O3/c12-7-3-1-6(2-4-7)11-5-8(13)10-9(11)14/h1-4,12H,5H2,(H,10,13,14). The number of amides is 3. The zero-order valence-corrected chi connectivity index (χ0v) is 7.23. The van der Waals surface area contributed by atoms with E-state index in [0.29, 0.717) is 5.69 Å². The van der Waals surface area contributed by atoms with Crippen LogP contribution in [0.1, 0.15) is 0 Å². The molecule has 0 unspecified atom stereocenters. The first-order valence-corrected chi connectivity index (χ1v) is 4.07. The number of imide groups is 1. The molecule has 5 nitrogen and oxygen atoms in total. The maximum absolute atomic E-state index is 11.2. The van der Waals surface area contributed by atoms with Crippen molar-refractivity contribution in [2.24, 2.45) is 0 Å². The summed E-state index contributed by atoms with van der Waals surface area (Å²) in [6.45, 7) is 0.0314. The number of hydrogen-bond acceptors (Lipinski definition) is 3. The summed E-state index contributed by atoms with van der Waals surface area (Å²) in [5.41, 5.74) is 0.589. The van der Waals surface area contributed by atoms with Crippen LogP contribution >= 0.6 is 0 Å². The molecule has 1 saturated heterocycles. The lowest BCUT2D eigenvalue weighted by atomic mass is 10.3. The van der Waals surface area contributed by atoms with E-state index in [1.165, 1.54) is 17.0 Å². The first kappa shape index (κ1) is 8.55. The summed E-state index contributed by atoms with van der Waals surface area (Å²) in [5, 5.41) is 11.2. The molecule has 0 bridgehead atoms. The van der Waals surface area contributed by atoms with Gasteiger partial charge in [0.05, 0.1) is 0 Å². The van der Waals surface area contributed by atoms with Gasteiger partial charge >= 0.3 is 6.03 Å². The monoisotopic (exact) mass is 192 g/mol. The highest BCUT2D eigenvalue weighted by Gasteiger charge is 2.27. The number of carbonyl (C=O) groups excluding carboxylic acids is 2. The molecule has 2 rings (SSSR count). The molecule has 1 aromatic carbocycles. The smallest absolute Gasteiger partial charge is 0.329 e. The normalized spacial score (nSPS) is 15.9. The molecule has 1 heterocycles. The van der Waals surface area contributed by atoms with E-state index in [-0.39, 0.29) is 18.2 Å². The number of benzene rings is 1. The van der Waals surface area contributed by atoms with Crippen molar-refractivity contribution in [3.8, 4) is 5.75 Å². The van der Waals surface area contributed by atoms with Crippen LogP contribution in [0.4, 0.5) is 10.5 Å². The Morgan fingerprint density at radius 3 is 2.36 bits per heavy atom. The molecule has 1 fully saturated rings. The van der Waals surface area contributed by atoms with Gasteiger partial charge in [-0.3, -0.25) is 15.0 Å². The minimum atomic E-state index is -0.430. The number of carbonyl (C=O) groups is 2. The van der Waals surface area contributed by atoms with Crippen LogP contribution in [-0.4, -0.2) is 23.6 Å². The lowest BCUT2D eigenvalue weighted by Gasteiger charge is -2.12. The molecule has 0 saturated carbocycles. The third-order valence-electron chi connectivity index (χ3n) is 1.95. The lowest BCUT2D eigenvalue weighted by Crippen LogP contribution is -2.27. The molecule has 5 heteroatoms. The van der Waals surface area contributed by atoms with Gasteiger partial charge in [-0.05, 0) is 24.3 Å². The van der Waals surface area contributed by atoms with Gasteiger partial charge in [0.15, 0.2) is 0 Å². The molecule has 1 aliphatic rings. The van der Waals surface area contributed by atoms with Gasteiger partial charge in [-0.25, -0.2) is 4.79 Å². The van der Waals surface area contributed by atoms with Crippen LogP contribution in [0.2, 0.25) is 0 Å². The van der Waals surface area contributed by atoms with Crippen molar-refractivity contribution in [3.05, 3.63) is 24.3 Å². The number of anilines is 1. The topological polar surface area (TPSA) is 69.6 Å². The van der Waals surface area contributed by atoms with Gasteiger partial charge < -0.3 is 5.11 Å². The Labute approximate surface area is 79.9 Å². The summed E-state index contributed by atoms with van der Waals surface area (Å²) < 4.78 is 0. The maximum atomic E-state index is 11.2. The molecule has 72 valence electrons. The zero-order valence-electron chi connectivity index (χ0n) is 7.23. The maximum Gasteiger partial charge on any atom is 0.329 e. The Kier molecular flexibility index (Phi) is 1.85. The highest BCUT2D eigenvalue weighted by molar-refractivity contribution is 6.12. The molecule has 0 spiro atoms. The quantitative estimate of drug-likeness (QED) is 0.634. The Morgan fingerprint density at radius 2 is 1.86 bits per heavy atom. The number of aromatic hydroxyl groups is 1. The van der Waals surface area contributed by atoms with Crippen molar-refractivity contribution in [2.45, 2.75) is 0 Å². The third kappa shape index (κ3) is 1.39. The van der Waals surface area contributed by atoms with Gasteiger partial charge in [0.1, 0.15) is 12.3 Å². The number of hydrogen-bond donors (Lipinski definition) is 2. The minimum absolute atomic E-state index is 0.0314. The fourth-order valence-electron chi connectivity index (χ4n) is 1.28. The molecular formula is C9H8N2O3. The number of nitrogens with zero attached hydrogens (tertiary/aromatic N) is 1. The van der Waals surface area contributed by atoms with Crippen molar-refractivity contribution in [3.63, 3.8) is 0 Å². The molecular weight excluding hydrogens is 184 g/mol. The predicted octanol–water partition coefficient (Wildman–Crippen LogP) is 0.448. The number of urea groups is 1. The molecule has 3 amide bonds. The van der Waals surface area contributed by atoms with Crippen molar-refractivity contribution in [1.29, 1.82) is 0 Å². The van der Waals surface area contributed by atoms with Gasteiger partial charge in [0, 0.05) is 5.69 Å². The first-order valence-electron chi connectivity index (χ1n) is 4.07. The second-order valence-electron chi connectivity index (χ2n) is 2.96. The number of phenolic OH excluding ortho intramolecular Hbond substituents is 1. The fourth-order valence-corrected chi connectivity index (χ4v) is 1.28. The molecule has 0 aliphatic carbocycles. The molecule has 1 aromatic rings. The van der Waals surface area contributed by atoms with Crippen molar-refractivity contribution in [1.82, 2.24) is 5.32 Å². The molecule has 1 aliphatic heterocycles. The van der Waals surface area contributed by atoms with Gasteiger partial charge in [-0.15, -0.1) is 0 Å². The van der Waals surface area contributed by atoms with E-state index in [9.17, 15) is 9.59 Å². The summed E-state index contributed by atoms with van der Waals surface area (Å²) in [6, 6.07) is 5.65. The van der Waals surface area contributed by atoms with E-state index in [1.807, 2.05) is 0 Å². The summed E-state index contributed by atoms with van der Waals surface area (Å²) >= 11 is 0. The summed E-state index contributed by atoms with van der Waals surface area (Å²) in [4.78, 5) is 23.4. The van der Waals surface area contributed by atoms with Crippen LogP contribution < -0.4 is 10.2 Å². The molecule has 0 aromatic heterocycles. The minimum Gasteiger partial charge on any atom is -0.508 e. The highest BCUT2D eigenvalue weighted by atomic mass is 16.3. The van der Waals surface area contributed by atoms with Crippen LogP contribution in [0.15, 0.2) is 24.3 Å². The van der Waals surface area contributed by atoms with Gasteiger partial charge in [-0.1, -0.05) is 0 Å². The van der Waals surface area contributed by atoms with E-state index in [0.717, 1.165) is 0 Å². The van der Waals surface area contributed by atoms with Crippen LogP contribution in [-0.2, 0) is 4.79 Å². The van der Waals surface area contributed by atoms with E-state index >= 15 is 0 Å². The number of rotatable bonds is 1. The fraction of sp³-hybridized carbons (Fsp3) is 0.111. The Morgan fingerprint density at radius 1 is 1.21 bits per heavy atom. The summed E-state index contributed by atoms with van der Waals surface area (Å²) in [7, 11) is 0. The second kappa shape index (κ2) is 3.02. The van der Waals surface area contributed by atoms with Gasteiger partial charge in [-0.2, -0.15) is 0 Å². The molecule has 0 atom stereocenters. The predicted molar refractivity (Wildman–Crippen MR) is 49.0 cm³/mol. The average Bonchev–Trinajstić information content (AvgIpc) is 2.47. The van der Waals surface area contributed by atoms with E-state index in [2.05, 4.69) is 5.32 Å². The SMILES string of the molecule is O=C1CN(c2ccc(O)cc2)C(=O)N1. The van der Waals surface area contributed by atoms with Crippen LogP contribution in [0.3, 0.4) is 0 Å². The van der Waals surface area contributed by atoms with Crippen LogP contribution in [0.25, 0.3) is 0 Å². The zero-order chi connectivity index (χ0) is 10.1. The Hall–Kier alpha value is -2.04. The van der Waals surface area contributed by atoms with Gasteiger partial charge in [0.25, 0.3) is 0 Å². The van der Waals surface area contributed by atoms with E-state index in [4.69, 9.17) is 5.11 Å². The highest BCUT2D eigenvalue weighted by Crippen LogP contribution is 2.19. The van der Waals surface area contributed by atoms with Crippen LogP contribution in [0, 0.1) is 0 Å². The Balaban J connectivity index is 2.27. The third-order valence-corrected chi connectivity index (χ3v) is 1.95. The number of phenols is 1. The lowest BCUT2D eigenvalue weighted by molar-refractivity contribution is -0.117. The number of nitrogens with one attached hydrogen (secondary N) is 1. The largest absolute Gasteiger partial charge is 0.508 e. The van der Waals surface area contributed by atoms with Crippen molar-refractivity contribution < 1.29 is 14.7 Å². The Bertz CT molecular complexity index is 386. The van der Waals surface area contributed by atoms with E-state index < -0.39 is 6.03 Å². The van der Waals surface area contributed by atoms with Crippen molar-refractivity contribution >= 4 is 17.6 Å². The first-order chi connectivity index (χ1) is 6.66.